The third-order valence-electron chi connectivity index (χ3n) is 3.86. The van der Waals surface area contributed by atoms with Crippen LogP contribution in [0.15, 0.2) is 63.7 Å². The number of hydrogen-bond donors (Lipinski definition) is 1. The Morgan fingerprint density at radius 3 is 2.52 bits per heavy atom. The predicted molar refractivity (Wildman–Crippen MR) is 101 cm³/mol. The first-order valence-corrected chi connectivity index (χ1v) is 9.23. The van der Waals surface area contributed by atoms with Gasteiger partial charge in [0.15, 0.2) is 0 Å². The first-order chi connectivity index (χ1) is 12.0. The molecule has 3 rings (SSSR count). The van der Waals surface area contributed by atoms with Crippen LogP contribution in [0.5, 0.6) is 0 Å². The van der Waals surface area contributed by atoms with Crippen molar-refractivity contribution in [3.05, 3.63) is 63.7 Å². The van der Waals surface area contributed by atoms with Crippen LogP contribution < -0.4 is 10.2 Å². The summed E-state index contributed by atoms with van der Waals surface area (Å²) in [5.41, 5.74) is 2.30. The summed E-state index contributed by atoms with van der Waals surface area (Å²) in [4.78, 5) is 12.4. The maximum Gasteiger partial charge on any atom is 0.281 e. The van der Waals surface area contributed by atoms with Crippen LogP contribution in [0.1, 0.15) is 6.92 Å². The van der Waals surface area contributed by atoms with Crippen molar-refractivity contribution in [2.24, 2.45) is 0 Å². The van der Waals surface area contributed by atoms with Gasteiger partial charge in [0, 0.05) is 10.0 Å². The van der Waals surface area contributed by atoms with Gasteiger partial charge in [-0.25, -0.2) is 8.78 Å². The Labute approximate surface area is 157 Å². The molecule has 2 aromatic carbocycles. The van der Waals surface area contributed by atoms with Gasteiger partial charge in [-0.2, -0.15) is 0 Å². The zero-order valence-corrected chi connectivity index (χ0v) is 15.7. The number of benzene rings is 2. The highest BCUT2D eigenvalue weighted by molar-refractivity contribution is 9.10. The molecule has 0 bridgehead atoms. The van der Waals surface area contributed by atoms with E-state index in [0.717, 1.165) is 15.6 Å². The standard InChI is InChI=1S/C18H15BrF2N2OS/c1-11-23(16(17(20)21)18(25-11)22-10-24)15-5-3-2-4-14(15)12-6-8-13(19)9-7-12/h2-11,17H,1H3,(H,22,24). The molecule has 1 aliphatic heterocycles. The third kappa shape index (κ3) is 3.57. The van der Waals surface area contributed by atoms with Crippen LogP contribution in [0.2, 0.25) is 0 Å². The molecule has 25 heavy (non-hydrogen) atoms. The van der Waals surface area contributed by atoms with Gasteiger partial charge < -0.3 is 10.2 Å². The molecule has 1 amide bonds. The SMILES string of the molecule is CC1SC(NC=O)=C(C(F)F)N1c1ccccc1-c1ccc(Br)cc1. The molecule has 130 valence electrons. The summed E-state index contributed by atoms with van der Waals surface area (Å²) in [5, 5.41) is 2.34. The molecule has 1 N–H and O–H groups in total. The molecular formula is C18H15BrF2N2OS. The molecule has 1 unspecified atom stereocenters. The highest BCUT2D eigenvalue weighted by Crippen LogP contribution is 2.45. The highest BCUT2D eigenvalue weighted by atomic mass is 79.9. The second kappa shape index (κ2) is 7.58. The smallest absolute Gasteiger partial charge is 0.281 e. The molecule has 0 saturated heterocycles. The second-order valence-electron chi connectivity index (χ2n) is 5.39. The molecule has 2 aromatic rings. The zero-order chi connectivity index (χ0) is 18.0. The van der Waals surface area contributed by atoms with Crippen LogP contribution in [0.25, 0.3) is 11.1 Å². The van der Waals surface area contributed by atoms with E-state index in [9.17, 15) is 13.6 Å². The maximum atomic E-state index is 13.7. The molecule has 0 saturated carbocycles. The van der Waals surface area contributed by atoms with E-state index in [1.807, 2.05) is 55.5 Å². The molecule has 0 radical (unpaired) electrons. The van der Waals surface area contributed by atoms with E-state index in [0.29, 0.717) is 12.1 Å². The first-order valence-electron chi connectivity index (χ1n) is 7.56. The number of alkyl halides is 2. The Balaban J connectivity index is 2.12. The number of carbonyl (C=O) groups is 1. The monoisotopic (exact) mass is 424 g/mol. The van der Waals surface area contributed by atoms with Crippen molar-refractivity contribution >= 4 is 39.8 Å². The Kier molecular flexibility index (Phi) is 5.44. The average molecular weight is 425 g/mol. The Morgan fingerprint density at radius 2 is 1.88 bits per heavy atom. The molecule has 0 spiro atoms. The minimum Gasteiger partial charge on any atom is -0.325 e. The van der Waals surface area contributed by atoms with Gasteiger partial charge in [0.1, 0.15) is 10.7 Å². The van der Waals surface area contributed by atoms with Gasteiger partial charge >= 0.3 is 0 Å². The van der Waals surface area contributed by atoms with Gasteiger partial charge in [-0.15, -0.1) is 0 Å². The zero-order valence-electron chi connectivity index (χ0n) is 13.2. The lowest BCUT2D eigenvalue weighted by atomic mass is 10.0. The fourth-order valence-corrected chi connectivity index (χ4v) is 4.20. The van der Waals surface area contributed by atoms with Gasteiger partial charge in [-0.05, 0) is 30.7 Å². The lowest BCUT2D eigenvalue weighted by molar-refractivity contribution is -0.108. The number of halogens is 3. The van der Waals surface area contributed by atoms with Crippen molar-refractivity contribution in [2.75, 3.05) is 4.90 Å². The molecule has 0 aromatic heterocycles. The van der Waals surface area contributed by atoms with E-state index in [1.54, 1.807) is 4.90 Å². The van der Waals surface area contributed by atoms with Crippen molar-refractivity contribution in [1.29, 1.82) is 0 Å². The number of anilines is 1. The van der Waals surface area contributed by atoms with Crippen molar-refractivity contribution in [2.45, 2.75) is 18.7 Å². The summed E-state index contributed by atoms with van der Waals surface area (Å²) in [6.07, 6.45) is -2.26. The van der Waals surface area contributed by atoms with Crippen LogP contribution in [-0.4, -0.2) is 18.2 Å². The number of nitrogens with zero attached hydrogens (tertiary/aromatic N) is 1. The molecule has 0 fully saturated rings. The van der Waals surface area contributed by atoms with Gasteiger partial charge in [0.05, 0.1) is 11.1 Å². The van der Waals surface area contributed by atoms with Gasteiger partial charge in [0.25, 0.3) is 6.43 Å². The summed E-state index contributed by atoms with van der Waals surface area (Å²) in [5.74, 6) is 0. The van der Waals surface area contributed by atoms with Crippen molar-refractivity contribution in [1.82, 2.24) is 5.32 Å². The number of allylic oxidation sites excluding steroid dienone is 1. The molecular weight excluding hydrogens is 410 g/mol. The van der Waals surface area contributed by atoms with E-state index in [4.69, 9.17) is 0 Å². The fourth-order valence-electron chi connectivity index (χ4n) is 2.84. The normalized spacial score (nSPS) is 17.3. The summed E-state index contributed by atoms with van der Waals surface area (Å²) >= 11 is 4.62. The lowest BCUT2D eigenvalue weighted by Crippen LogP contribution is -2.29. The molecule has 1 heterocycles. The number of carbonyl (C=O) groups excluding carboxylic acids is 1. The van der Waals surface area contributed by atoms with Crippen LogP contribution in [-0.2, 0) is 4.79 Å². The number of nitrogens with one attached hydrogen (secondary N) is 1. The van der Waals surface area contributed by atoms with Gasteiger partial charge in [-0.1, -0.05) is 58.0 Å². The summed E-state index contributed by atoms with van der Waals surface area (Å²) < 4.78 is 28.4. The van der Waals surface area contributed by atoms with Crippen LogP contribution in [0.3, 0.4) is 0 Å². The van der Waals surface area contributed by atoms with Gasteiger partial charge in [0.2, 0.25) is 6.41 Å². The predicted octanol–water partition coefficient (Wildman–Crippen LogP) is 5.20. The molecule has 3 nitrogen and oxygen atoms in total. The van der Waals surface area contributed by atoms with Gasteiger partial charge in [-0.3, -0.25) is 4.79 Å². The third-order valence-corrected chi connectivity index (χ3v) is 5.50. The number of amides is 1. The molecule has 1 atom stereocenters. The quantitative estimate of drug-likeness (QED) is 0.669. The number of rotatable bonds is 5. The highest BCUT2D eigenvalue weighted by Gasteiger charge is 2.37. The van der Waals surface area contributed by atoms with Crippen LogP contribution in [0.4, 0.5) is 14.5 Å². The first kappa shape index (κ1) is 17.9. The average Bonchev–Trinajstić information content (AvgIpc) is 2.92. The summed E-state index contributed by atoms with van der Waals surface area (Å²) in [6.45, 7) is 1.84. The largest absolute Gasteiger partial charge is 0.325 e. The minimum absolute atomic E-state index is 0.172. The van der Waals surface area contributed by atoms with Crippen LogP contribution in [0, 0.1) is 0 Å². The maximum absolute atomic E-state index is 13.7. The summed E-state index contributed by atoms with van der Waals surface area (Å²) in [7, 11) is 0. The second-order valence-corrected chi connectivity index (χ2v) is 7.63. The molecule has 7 heteroatoms. The minimum atomic E-state index is -2.70. The lowest BCUT2D eigenvalue weighted by Gasteiger charge is -2.28. The van der Waals surface area contributed by atoms with E-state index in [-0.39, 0.29) is 16.1 Å². The summed E-state index contributed by atoms with van der Waals surface area (Å²) in [6, 6.07) is 15.1. The van der Waals surface area contributed by atoms with Crippen molar-refractivity contribution < 1.29 is 13.6 Å². The van der Waals surface area contributed by atoms with E-state index < -0.39 is 6.43 Å². The van der Waals surface area contributed by atoms with E-state index in [2.05, 4.69) is 21.2 Å². The number of para-hydroxylation sites is 1. The number of thioether (sulfide) groups is 1. The number of hydrogen-bond acceptors (Lipinski definition) is 3. The molecule has 0 aliphatic carbocycles. The fraction of sp³-hybridized carbons (Fsp3) is 0.167. The van der Waals surface area contributed by atoms with E-state index in [1.165, 1.54) is 11.8 Å². The molecule has 1 aliphatic rings. The van der Waals surface area contributed by atoms with Crippen molar-refractivity contribution in [3.63, 3.8) is 0 Å². The topological polar surface area (TPSA) is 32.3 Å². The van der Waals surface area contributed by atoms with Crippen molar-refractivity contribution in [3.8, 4) is 11.1 Å². The van der Waals surface area contributed by atoms with E-state index >= 15 is 0 Å². The van der Waals surface area contributed by atoms with Crippen LogP contribution >= 0.6 is 27.7 Å². The Hall–Kier alpha value is -1.86. The Bertz CT molecular complexity index is 811. The Morgan fingerprint density at radius 1 is 1.20 bits per heavy atom.